The maximum absolute atomic E-state index is 5.95. The molecular formula is C16H23NO2. The minimum absolute atomic E-state index is 0.264. The van der Waals surface area contributed by atoms with Crippen LogP contribution in [0.2, 0.25) is 0 Å². The van der Waals surface area contributed by atoms with Crippen LogP contribution in [0.4, 0.5) is 0 Å². The van der Waals surface area contributed by atoms with Gasteiger partial charge in [0.05, 0.1) is 18.8 Å². The molecule has 3 rings (SSSR count). The maximum atomic E-state index is 5.95. The number of ether oxygens (including phenoxy) is 2. The summed E-state index contributed by atoms with van der Waals surface area (Å²) in [6.07, 6.45) is 4.86. The number of para-hydroxylation sites is 1. The van der Waals surface area contributed by atoms with Gasteiger partial charge in [-0.25, -0.2) is 0 Å². The number of rotatable bonds is 4. The first-order valence-corrected chi connectivity index (χ1v) is 7.49. The highest BCUT2D eigenvalue weighted by Gasteiger charge is 2.30. The van der Waals surface area contributed by atoms with Crippen molar-refractivity contribution < 1.29 is 9.47 Å². The molecule has 0 saturated carbocycles. The largest absolute Gasteiger partial charge is 0.493 e. The summed E-state index contributed by atoms with van der Waals surface area (Å²) in [5, 5.41) is 3.59. The van der Waals surface area contributed by atoms with Crippen molar-refractivity contribution in [3.8, 4) is 5.75 Å². The van der Waals surface area contributed by atoms with Gasteiger partial charge in [-0.05, 0) is 37.8 Å². The van der Waals surface area contributed by atoms with Crippen molar-refractivity contribution in [3.63, 3.8) is 0 Å². The van der Waals surface area contributed by atoms with E-state index in [0.29, 0.717) is 0 Å². The fraction of sp³-hybridized carbons (Fsp3) is 0.625. The third-order valence-electron chi connectivity index (χ3n) is 4.06. The molecule has 0 bridgehead atoms. The molecule has 1 aromatic carbocycles. The summed E-state index contributed by atoms with van der Waals surface area (Å²) in [6, 6.07) is 6.80. The molecule has 2 heterocycles. The van der Waals surface area contributed by atoms with Crippen LogP contribution in [-0.4, -0.2) is 25.9 Å². The molecule has 0 amide bonds. The molecule has 104 valence electrons. The van der Waals surface area contributed by atoms with E-state index in [1.165, 1.54) is 17.5 Å². The van der Waals surface area contributed by atoms with Crippen LogP contribution in [0.25, 0.3) is 0 Å². The average Bonchev–Trinajstić information content (AvgIpc) is 2.98. The lowest BCUT2D eigenvalue weighted by atomic mass is 9.94. The van der Waals surface area contributed by atoms with Crippen LogP contribution in [0.5, 0.6) is 5.75 Å². The molecule has 1 aromatic rings. The minimum Gasteiger partial charge on any atom is -0.493 e. The quantitative estimate of drug-likeness (QED) is 0.904. The van der Waals surface area contributed by atoms with Crippen molar-refractivity contribution in [2.45, 2.75) is 44.8 Å². The van der Waals surface area contributed by atoms with E-state index >= 15 is 0 Å². The lowest BCUT2D eigenvalue weighted by Gasteiger charge is -2.29. The van der Waals surface area contributed by atoms with Crippen molar-refractivity contribution in [1.29, 1.82) is 0 Å². The molecule has 2 aliphatic rings. The summed E-state index contributed by atoms with van der Waals surface area (Å²) in [5.74, 6) is 1.11. The zero-order valence-corrected chi connectivity index (χ0v) is 11.7. The molecule has 1 saturated heterocycles. The van der Waals surface area contributed by atoms with Crippen LogP contribution >= 0.6 is 0 Å². The highest BCUT2D eigenvalue weighted by Crippen LogP contribution is 2.36. The number of aryl methyl sites for hydroxylation is 1. The third kappa shape index (κ3) is 2.63. The van der Waals surface area contributed by atoms with Crippen LogP contribution in [0, 0.1) is 0 Å². The molecule has 2 atom stereocenters. The molecule has 2 aliphatic heterocycles. The summed E-state index contributed by atoms with van der Waals surface area (Å²) in [5.41, 5.74) is 2.63. The van der Waals surface area contributed by atoms with Crippen molar-refractivity contribution in [3.05, 3.63) is 29.3 Å². The minimum atomic E-state index is 0.264. The van der Waals surface area contributed by atoms with E-state index in [9.17, 15) is 0 Å². The van der Waals surface area contributed by atoms with Crippen LogP contribution in [0.3, 0.4) is 0 Å². The second-order valence-electron chi connectivity index (χ2n) is 5.37. The van der Waals surface area contributed by atoms with Gasteiger partial charge in [0.2, 0.25) is 0 Å². The first-order chi connectivity index (χ1) is 9.40. The Morgan fingerprint density at radius 3 is 3.05 bits per heavy atom. The first-order valence-electron chi connectivity index (χ1n) is 7.49. The van der Waals surface area contributed by atoms with Gasteiger partial charge < -0.3 is 14.8 Å². The van der Waals surface area contributed by atoms with Crippen molar-refractivity contribution in [2.75, 3.05) is 19.8 Å². The Hall–Kier alpha value is -1.06. The summed E-state index contributed by atoms with van der Waals surface area (Å²) < 4.78 is 11.8. The van der Waals surface area contributed by atoms with Gasteiger partial charge in [-0.15, -0.1) is 0 Å². The van der Waals surface area contributed by atoms with Gasteiger partial charge in [0.1, 0.15) is 5.75 Å². The van der Waals surface area contributed by atoms with Gasteiger partial charge in [-0.3, -0.25) is 0 Å². The van der Waals surface area contributed by atoms with E-state index in [0.717, 1.165) is 44.8 Å². The molecule has 0 aromatic heterocycles. The second-order valence-corrected chi connectivity index (χ2v) is 5.37. The van der Waals surface area contributed by atoms with Crippen LogP contribution < -0.4 is 10.1 Å². The van der Waals surface area contributed by atoms with Crippen LogP contribution in [0.15, 0.2) is 18.2 Å². The normalized spacial score (nSPS) is 23.7. The smallest absolute Gasteiger partial charge is 0.127 e. The number of likely N-dealkylation sites (N-methyl/N-ethyl adjacent to an activating group) is 1. The number of benzene rings is 1. The monoisotopic (exact) mass is 261 g/mol. The van der Waals surface area contributed by atoms with Crippen LogP contribution in [-0.2, 0) is 11.2 Å². The molecule has 0 aliphatic carbocycles. The highest BCUT2D eigenvalue weighted by molar-refractivity contribution is 5.45. The van der Waals surface area contributed by atoms with Gasteiger partial charge >= 0.3 is 0 Å². The van der Waals surface area contributed by atoms with Gasteiger partial charge in [0.15, 0.2) is 0 Å². The Balaban J connectivity index is 1.92. The van der Waals surface area contributed by atoms with Crippen molar-refractivity contribution in [1.82, 2.24) is 5.32 Å². The predicted octanol–water partition coefficient (Wildman–Crippen LogP) is 2.84. The third-order valence-corrected chi connectivity index (χ3v) is 4.06. The van der Waals surface area contributed by atoms with E-state index in [1.54, 1.807) is 0 Å². The summed E-state index contributed by atoms with van der Waals surface area (Å²) in [7, 11) is 0. The Morgan fingerprint density at radius 2 is 2.26 bits per heavy atom. The van der Waals surface area contributed by atoms with Gasteiger partial charge in [0, 0.05) is 12.2 Å². The lowest BCUT2D eigenvalue weighted by molar-refractivity contribution is 0.0774. The standard InChI is InChI=1S/C16H23NO2/c1-2-17-15(14-9-5-10-18-14)13-8-3-6-12-7-4-11-19-16(12)13/h3,6,8,14-15,17H,2,4-5,7,9-11H2,1H3. The molecule has 3 nitrogen and oxygen atoms in total. The van der Waals surface area contributed by atoms with E-state index in [2.05, 4.69) is 30.4 Å². The first kappa shape index (κ1) is 12.9. The fourth-order valence-electron chi connectivity index (χ4n) is 3.19. The lowest BCUT2D eigenvalue weighted by Crippen LogP contribution is -2.32. The summed E-state index contributed by atoms with van der Waals surface area (Å²) >= 11 is 0. The molecule has 19 heavy (non-hydrogen) atoms. The summed E-state index contributed by atoms with van der Waals surface area (Å²) in [6.45, 7) is 4.84. The number of nitrogens with one attached hydrogen (secondary N) is 1. The number of hydrogen-bond donors (Lipinski definition) is 1. The Bertz CT molecular complexity index is 427. The number of fused-ring (bicyclic) bond motifs is 1. The Labute approximate surface area is 115 Å². The predicted molar refractivity (Wildman–Crippen MR) is 75.6 cm³/mol. The van der Waals surface area contributed by atoms with Gasteiger partial charge in [0.25, 0.3) is 0 Å². The van der Waals surface area contributed by atoms with Gasteiger partial charge in [-0.1, -0.05) is 25.1 Å². The molecule has 2 unspecified atom stereocenters. The zero-order valence-electron chi connectivity index (χ0n) is 11.7. The Morgan fingerprint density at radius 1 is 1.32 bits per heavy atom. The molecule has 0 radical (unpaired) electrons. The number of hydrogen-bond acceptors (Lipinski definition) is 3. The van der Waals surface area contributed by atoms with E-state index in [-0.39, 0.29) is 12.1 Å². The molecule has 3 heteroatoms. The maximum Gasteiger partial charge on any atom is 0.127 e. The van der Waals surface area contributed by atoms with E-state index < -0.39 is 0 Å². The molecular weight excluding hydrogens is 238 g/mol. The van der Waals surface area contributed by atoms with E-state index in [1.807, 2.05) is 0 Å². The van der Waals surface area contributed by atoms with Gasteiger partial charge in [-0.2, -0.15) is 0 Å². The Kier molecular flexibility index (Phi) is 4.04. The topological polar surface area (TPSA) is 30.5 Å². The fourth-order valence-corrected chi connectivity index (χ4v) is 3.19. The SMILES string of the molecule is CCNC(c1cccc2c1OCCC2)C1CCCO1. The zero-order chi connectivity index (χ0) is 13.1. The molecule has 1 fully saturated rings. The van der Waals surface area contributed by atoms with Crippen molar-refractivity contribution in [2.24, 2.45) is 0 Å². The van der Waals surface area contributed by atoms with Crippen LogP contribution in [0.1, 0.15) is 43.4 Å². The van der Waals surface area contributed by atoms with Crippen molar-refractivity contribution >= 4 is 0 Å². The molecule has 0 spiro atoms. The summed E-state index contributed by atoms with van der Waals surface area (Å²) in [4.78, 5) is 0. The van der Waals surface area contributed by atoms with E-state index in [4.69, 9.17) is 9.47 Å². The second kappa shape index (κ2) is 5.93. The highest BCUT2D eigenvalue weighted by atomic mass is 16.5. The average molecular weight is 261 g/mol. The molecule has 1 N–H and O–H groups in total.